The second-order valence-corrected chi connectivity index (χ2v) is 24.2. The van der Waals surface area contributed by atoms with Crippen LogP contribution in [0.15, 0.2) is 0 Å². The van der Waals surface area contributed by atoms with E-state index in [-0.39, 0.29) is 53.3 Å². The van der Waals surface area contributed by atoms with Gasteiger partial charge >= 0.3 is 0 Å². The number of fused-ring (bicyclic) bond motifs is 7. The maximum atomic E-state index is 12.1. The van der Waals surface area contributed by atoms with Crippen molar-refractivity contribution in [3.05, 3.63) is 0 Å². The van der Waals surface area contributed by atoms with Crippen LogP contribution in [-0.4, -0.2) is 227 Å². The molecule has 4 saturated carbocycles. The van der Waals surface area contributed by atoms with Gasteiger partial charge in [0.1, 0.15) is 85.5 Å². The molecule has 5 aliphatic heterocycles. The highest BCUT2D eigenvalue weighted by molar-refractivity contribution is 5.15. The van der Waals surface area contributed by atoms with Crippen molar-refractivity contribution in [3.63, 3.8) is 0 Å². The first-order valence-corrected chi connectivity index (χ1v) is 27.1. The van der Waals surface area contributed by atoms with Crippen molar-refractivity contribution in [2.75, 3.05) is 19.8 Å². The fourth-order valence-corrected chi connectivity index (χ4v) is 15.5. The Kier molecular flexibility index (Phi) is 17.1. The number of aliphatic hydroxyl groups excluding tert-OH is 12. The lowest BCUT2D eigenvalue weighted by molar-refractivity contribution is -0.389. The average Bonchev–Trinajstić information content (AvgIpc) is 3.80. The van der Waals surface area contributed by atoms with E-state index in [9.17, 15) is 66.4 Å². The molecule has 7 unspecified atom stereocenters. The van der Waals surface area contributed by atoms with E-state index >= 15 is 0 Å². The van der Waals surface area contributed by atoms with Crippen LogP contribution in [0.3, 0.4) is 0 Å². The third-order valence-corrected chi connectivity index (χ3v) is 20.0. The van der Waals surface area contributed by atoms with Crippen LogP contribution < -0.4 is 0 Å². The van der Waals surface area contributed by atoms with Crippen molar-refractivity contribution < 1.29 is 109 Å². The second kappa shape index (κ2) is 22.0. The Balaban J connectivity index is 0.830. The summed E-state index contributed by atoms with van der Waals surface area (Å²) >= 11 is 0. The maximum Gasteiger partial charge on any atom is 0.187 e. The van der Waals surface area contributed by atoms with Gasteiger partial charge in [-0.2, -0.15) is 0 Å². The molecule has 0 amide bonds. The predicted molar refractivity (Wildman–Crippen MR) is 249 cm³/mol. The standard InChI is InChI=1S/C51H86O22/c1-20(19-65-45-39(60)38(59)35(56)30(17-52)69-45)9-14-51(64)21(2)32-29(73-51)16-28-26-8-7-24-15-25(10-12-49(24,5)27(26)11-13-50(28,32)6)68-48-44(72-47-41(62)37(58)34(55)23(4)67-47)42(63)43(31(18-53)70-48)71-46-40(61)36(57)33(54)22(3)66-46/h20-48,52-64H,7-19H2,1-6H3/t20-,21+,22+,23+,24+,25?,26?,27?,28?,29?,30-,31-,32?,33+,34+,35-,36-,37-,38+,39-,40-,41-,42+,43-,44-,45-,46+,47+,48-,49+,50+,51?/m1/s1. The SMILES string of the molecule is C[C@H](CCC1(O)OC2CC3C4CC[C@H]5CC(O[C@@H]6O[C@H](CO)[C@@H](O[C@@H]7O[C@@H](C)[C@H](O)[C@@H](O)[C@H]7O)[C@H](O)[C@H]6O[C@@H]6O[C@@H](C)[C@H](O)[C@@H](O)[C@H]6O)CC[C@]5(C)C4CC[C@]3(C)C2[C@@H]1C)CO[C@@H]1O[C@H](CO)[C@@H](O)[C@H](O)[C@H]1O. The van der Waals surface area contributed by atoms with Crippen LogP contribution in [0.5, 0.6) is 0 Å². The Morgan fingerprint density at radius 2 is 1.14 bits per heavy atom. The smallest absolute Gasteiger partial charge is 0.187 e. The van der Waals surface area contributed by atoms with Gasteiger partial charge in [0.15, 0.2) is 30.9 Å². The van der Waals surface area contributed by atoms with Crippen LogP contribution >= 0.6 is 0 Å². The lowest BCUT2D eigenvalue weighted by Gasteiger charge is -2.61. The van der Waals surface area contributed by atoms with E-state index in [0.717, 1.165) is 38.5 Å². The second-order valence-electron chi connectivity index (χ2n) is 24.2. The zero-order valence-electron chi connectivity index (χ0n) is 42.9. The van der Waals surface area contributed by atoms with E-state index in [0.29, 0.717) is 43.4 Å². The van der Waals surface area contributed by atoms with E-state index in [4.69, 9.17) is 42.6 Å². The first kappa shape index (κ1) is 56.8. The van der Waals surface area contributed by atoms with Crippen molar-refractivity contribution in [2.24, 2.45) is 52.3 Å². The molecule has 9 fully saturated rings. The van der Waals surface area contributed by atoms with Crippen LogP contribution in [0.1, 0.15) is 106 Å². The van der Waals surface area contributed by atoms with Gasteiger partial charge in [-0.3, -0.25) is 0 Å². The molecule has 22 nitrogen and oxygen atoms in total. The summed E-state index contributed by atoms with van der Waals surface area (Å²) in [6.07, 6.45) is -21.1. The minimum Gasteiger partial charge on any atom is -0.394 e. The summed E-state index contributed by atoms with van der Waals surface area (Å²) in [5, 5.41) is 139. The normalized spacial score (nSPS) is 56.6. The lowest BCUT2D eigenvalue weighted by atomic mass is 9.44. The number of rotatable bonds is 14. The quantitative estimate of drug-likeness (QED) is 0.0845. The van der Waals surface area contributed by atoms with E-state index in [1.165, 1.54) is 13.8 Å². The molecule has 32 atom stereocenters. The molecular weight excluding hydrogens is 965 g/mol. The van der Waals surface area contributed by atoms with Crippen molar-refractivity contribution >= 4 is 0 Å². The van der Waals surface area contributed by atoms with Crippen molar-refractivity contribution in [3.8, 4) is 0 Å². The Bertz CT molecular complexity index is 1840. The topological polar surface area (TPSA) is 346 Å². The van der Waals surface area contributed by atoms with Crippen LogP contribution in [0, 0.1) is 52.3 Å². The number of hydrogen-bond donors (Lipinski definition) is 13. The van der Waals surface area contributed by atoms with Gasteiger partial charge in [-0.1, -0.05) is 27.7 Å². The third kappa shape index (κ3) is 10.2. The van der Waals surface area contributed by atoms with Crippen molar-refractivity contribution in [1.29, 1.82) is 0 Å². The van der Waals surface area contributed by atoms with E-state index < -0.39 is 142 Å². The van der Waals surface area contributed by atoms with Crippen LogP contribution in [0.25, 0.3) is 0 Å². The van der Waals surface area contributed by atoms with E-state index in [2.05, 4.69) is 20.8 Å². The molecule has 4 aliphatic carbocycles. The van der Waals surface area contributed by atoms with E-state index in [1.54, 1.807) is 0 Å². The highest BCUT2D eigenvalue weighted by Crippen LogP contribution is 2.71. The summed E-state index contributed by atoms with van der Waals surface area (Å²) in [7, 11) is 0. The Labute approximate surface area is 426 Å². The highest BCUT2D eigenvalue weighted by Gasteiger charge is 2.68. The average molecular weight is 1050 g/mol. The third-order valence-electron chi connectivity index (χ3n) is 20.0. The summed E-state index contributed by atoms with van der Waals surface area (Å²) in [6.45, 7) is 10.8. The molecule has 0 aromatic rings. The predicted octanol–water partition coefficient (Wildman–Crippen LogP) is -1.90. The van der Waals surface area contributed by atoms with Gasteiger partial charge in [0.2, 0.25) is 0 Å². The van der Waals surface area contributed by atoms with Gasteiger partial charge in [0, 0.05) is 12.3 Å². The molecule has 13 N–H and O–H groups in total. The molecule has 0 radical (unpaired) electrons. The molecule has 0 bridgehead atoms. The molecule has 5 heterocycles. The lowest BCUT2D eigenvalue weighted by Crippen LogP contribution is -2.66. The number of aliphatic hydroxyl groups is 13. The summed E-state index contributed by atoms with van der Waals surface area (Å²) in [4.78, 5) is 0. The summed E-state index contributed by atoms with van der Waals surface area (Å²) in [5.41, 5.74) is -0.0281. The molecule has 422 valence electrons. The number of hydrogen-bond acceptors (Lipinski definition) is 22. The Morgan fingerprint density at radius 3 is 1.77 bits per heavy atom. The molecule has 5 saturated heterocycles. The van der Waals surface area contributed by atoms with Crippen molar-refractivity contribution in [2.45, 2.75) is 247 Å². The number of ether oxygens (including phenoxy) is 9. The minimum atomic E-state index is -1.74. The fourth-order valence-electron chi connectivity index (χ4n) is 15.5. The van der Waals surface area contributed by atoms with Gasteiger partial charge in [0.25, 0.3) is 0 Å². The summed E-state index contributed by atoms with van der Waals surface area (Å²) < 4.78 is 54.7. The van der Waals surface area contributed by atoms with Crippen molar-refractivity contribution in [1.82, 2.24) is 0 Å². The first-order valence-electron chi connectivity index (χ1n) is 27.1. The minimum absolute atomic E-state index is 0.00150. The van der Waals surface area contributed by atoms with Crippen LogP contribution in [0.2, 0.25) is 0 Å². The molecular formula is C51H86O22. The van der Waals surface area contributed by atoms with Crippen LogP contribution in [-0.2, 0) is 42.6 Å². The maximum absolute atomic E-state index is 12.1. The van der Waals surface area contributed by atoms with Gasteiger partial charge in [-0.05, 0) is 118 Å². The Morgan fingerprint density at radius 1 is 0.562 bits per heavy atom. The molecule has 0 aromatic carbocycles. The molecule has 9 aliphatic rings. The van der Waals surface area contributed by atoms with Crippen LogP contribution in [0.4, 0.5) is 0 Å². The summed E-state index contributed by atoms with van der Waals surface area (Å²) in [6, 6.07) is 0. The molecule has 9 rings (SSSR count). The molecule has 22 heteroatoms. The summed E-state index contributed by atoms with van der Waals surface area (Å²) in [5.74, 6) is 0.300. The highest BCUT2D eigenvalue weighted by atomic mass is 16.8. The molecule has 0 aromatic heterocycles. The van der Waals surface area contributed by atoms with E-state index in [1.807, 2.05) is 6.92 Å². The van der Waals surface area contributed by atoms with Gasteiger partial charge in [0.05, 0.1) is 44.2 Å². The fraction of sp³-hybridized carbons (Fsp3) is 1.00. The zero-order valence-corrected chi connectivity index (χ0v) is 42.9. The first-order chi connectivity index (χ1) is 34.5. The van der Waals surface area contributed by atoms with Gasteiger partial charge in [-0.25, -0.2) is 0 Å². The molecule has 73 heavy (non-hydrogen) atoms. The zero-order chi connectivity index (χ0) is 52.8. The molecule has 0 spiro atoms. The Hall–Kier alpha value is -0.880. The van der Waals surface area contributed by atoms with Gasteiger partial charge < -0.3 is 109 Å². The largest absolute Gasteiger partial charge is 0.394 e. The van der Waals surface area contributed by atoms with Gasteiger partial charge in [-0.15, -0.1) is 0 Å². The monoisotopic (exact) mass is 1050 g/mol.